The fourth-order valence-corrected chi connectivity index (χ4v) is 3.02. The van der Waals surface area contributed by atoms with Gasteiger partial charge in [0.1, 0.15) is 0 Å². The van der Waals surface area contributed by atoms with E-state index in [1.54, 1.807) is 6.07 Å². The maximum atomic E-state index is 6.31. The van der Waals surface area contributed by atoms with Gasteiger partial charge in [-0.1, -0.05) is 62.2 Å². The van der Waals surface area contributed by atoms with Crippen molar-refractivity contribution in [2.75, 3.05) is 14.1 Å². The number of hydrogen-bond donors (Lipinski definition) is 0. The van der Waals surface area contributed by atoms with Gasteiger partial charge in [-0.2, -0.15) is 0 Å². The summed E-state index contributed by atoms with van der Waals surface area (Å²) in [5.41, 5.74) is 0.507. The van der Waals surface area contributed by atoms with Crippen molar-refractivity contribution in [3.05, 3.63) is 45.7 Å². The lowest BCUT2D eigenvalue weighted by Gasteiger charge is -2.35. The molecule has 2 aromatic rings. The molecule has 0 aliphatic carbocycles. The Morgan fingerprint density at radius 2 is 1.77 bits per heavy atom. The lowest BCUT2D eigenvalue weighted by molar-refractivity contribution is 0.163. The van der Waals surface area contributed by atoms with Crippen molar-refractivity contribution >= 4 is 29.3 Å². The average Bonchev–Trinajstić information content (AvgIpc) is 2.97. The van der Waals surface area contributed by atoms with Crippen LogP contribution in [0.3, 0.4) is 0 Å². The van der Waals surface area contributed by atoms with E-state index < -0.39 is 0 Å². The molecule has 0 amide bonds. The standard InChI is InChI=1S/C19H27Cl2N5/c1-18(2,3)16(11-9-13-8-10-14(20)12-15(13)21)26-17(22-23-24-26)19(4,5)25(6)7/h8-12,16H,1-7H3/b11-9-/t16-/m1/s1. The molecule has 0 radical (unpaired) electrons. The summed E-state index contributed by atoms with van der Waals surface area (Å²) in [6.07, 6.45) is 4.10. The van der Waals surface area contributed by atoms with Gasteiger partial charge in [0.2, 0.25) is 0 Å². The molecule has 0 aliphatic heterocycles. The van der Waals surface area contributed by atoms with Gasteiger partial charge in [-0.05, 0) is 61.5 Å². The highest BCUT2D eigenvalue weighted by Gasteiger charge is 2.35. The predicted molar refractivity (Wildman–Crippen MR) is 109 cm³/mol. The van der Waals surface area contributed by atoms with E-state index in [1.165, 1.54) is 0 Å². The molecule has 0 saturated carbocycles. The van der Waals surface area contributed by atoms with Crippen LogP contribution in [0.2, 0.25) is 10.0 Å². The van der Waals surface area contributed by atoms with Crippen LogP contribution in [-0.2, 0) is 5.54 Å². The molecular formula is C19H27Cl2N5. The molecule has 0 N–H and O–H groups in total. The molecule has 0 saturated heterocycles. The number of nitrogens with zero attached hydrogens (tertiary/aromatic N) is 5. The second kappa shape index (κ2) is 7.67. The second-order valence-corrected chi connectivity index (χ2v) is 9.08. The minimum absolute atomic E-state index is 0.0431. The minimum atomic E-state index is -0.307. The van der Waals surface area contributed by atoms with E-state index in [4.69, 9.17) is 23.2 Å². The molecule has 0 bridgehead atoms. The molecule has 0 fully saturated rings. The van der Waals surface area contributed by atoms with E-state index in [-0.39, 0.29) is 17.0 Å². The number of aromatic nitrogens is 4. The molecule has 2 rings (SSSR count). The van der Waals surface area contributed by atoms with E-state index in [1.807, 2.05) is 37.0 Å². The third-order valence-corrected chi connectivity index (χ3v) is 5.29. The zero-order chi connectivity index (χ0) is 19.7. The van der Waals surface area contributed by atoms with Crippen LogP contribution in [-0.4, -0.2) is 39.2 Å². The largest absolute Gasteiger partial charge is 0.297 e. The van der Waals surface area contributed by atoms with Crippen molar-refractivity contribution in [1.29, 1.82) is 0 Å². The van der Waals surface area contributed by atoms with Crippen molar-refractivity contribution < 1.29 is 0 Å². The van der Waals surface area contributed by atoms with E-state index in [2.05, 4.69) is 61.1 Å². The number of allylic oxidation sites excluding steroid dienone is 1. The Balaban J connectivity index is 2.48. The molecule has 1 atom stereocenters. The molecule has 1 aromatic heterocycles. The molecule has 26 heavy (non-hydrogen) atoms. The van der Waals surface area contributed by atoms with E-state index in [9.17, 15) is 0 Å². The van der Waals surface area contributed by atoms with Crippen molar-refractivity contribution in [2.45, 2.75) is 46.2 Å². The normalized spacial score (nSPS) is 14.4. The highest BCUT2D eigenvalue weighted by Crippen LogP contribution is 2.35. The van der Waals surface area contributed by atoms with Crippen molar-refractivity contribution in [2.24, 2.45) is 5.41 Å². The van der Waals surface area contributed by atoms with Crippen molar-refractivity contribution in [3.63, 3.8) is 0 Å². The van der Waals surface area contributed by atoms with E-state index in [0.717, 1.165) is 11.4 Å². The summed E-state index contributed by atoms with van der Waals surface area (Å²) in [5.74, 6) is 0.814. The minimum Gasteiger partial charge on any atom is -0.297 e. The number of tetrazole rings is 1. The monoisotopic (exact) mass is 395 g/mol. The van der Waals surface area contributed by atoms with Crippen LogP contribution in [0.5, 0.6) is 0 Å². The first-order chi connectivity index (χ1) is 11.9. The van der Waals surface area contributed by atoms with Crippen LogP contribution in [0, 0.1) is 5.41 Å². The van der Waals surface area contributed by atoms with Gasteiger partial charge >= 0.3 is 0 Å². The zero-order valence-corrected chi connectivity index (χ0v) is 18.0. The van der Waals surface area contributed by atoms with E-state index in [0.29, 0.717) is 10.0 Å². The van der Waals surface area contributed by atoms with Gasteiger partial charge in [0.05, 0.1) is 11.6 Å². The smallest absolute Gasteiger partial charge is 0.171 e. The van der Waals surface area contributed by atoms with E-state index >= 15 is 0 Å². The first-order valence-corrected chi connectivity index (χ1v) is 9.29. The van der Waals surface area contributed by atoms with Crippen molar-refractivity contribution in [3.8, 4) is 0 Å². The topological polar surface area (TPSA) is 46.8 Å². The summed E-state index contributed by atoms with van der Waals surface area (Å²) in [5, 5.41) is 13.8. The summed E-state index contributed by atoms with van der Waals surface area (Å²) < 4.78 is 1.90. The number of hydrogen-bond acceptors (Lipinski definition) is 4. The van der Waals surface area contributed by atoms with Gasteiger partial charge < -0.3 is 0 Å². The predicted octanol–water partition coefficient (Wildman–Crippen LogP) is 5.08. The Morgan fingerprint density at radius 3 is 2.31 bits per heavy atom. The van der Waals surface area contributed by atoms with Crippen molar-refractivity contribution in [1.82, 2.24) is 25.1 Å². The second-order valence-electron chi connectivity index (χ2n) is 8.24. The number of benzene rings is 1. The number of halogens is 2. The molecule has 5 nitrogen and oxygen atoms in total. The van der Waals surface area contributed by atoms with Gasteiger partial charge in [-0.15, -0.1) is 5.10 Å². The maximum Gasteiger partial charge on any atom is 0.171 e. The fraction of sp³-hybridized carbons (Fsp3) is 0.526. The quantitative estimate of drug-likeness (QED) is 0.707. The Kier molecular flexibility index (Phi) is 6.16. The third kappa shape index (κ3) is 4.45. The molecule has 142 valence electrons. The Labute approximate surface area is 166 Å². The van der Waals surface area contributed by atoms with Crippen LogP contribution in [0.25, 0.3) is 6.08 Å². The molecule has 1 aromatic carbocycles. The first kappa shape index (κ1) is 20.9. The summed E-state index contributed by atoms with van der Waals surface area (Å²) in [6, 6.07) is 5.44. The third-order valence-electron chi connectivity index (χ3n) is 4.73. The molecule has 0 spiro atoms. The molecular weight excluding hydrogens is 369 g/mol. The maximum absolute atomic E-state index is 6.31. The van der Waals surface area contributed by atoms with Gasteiger partial charge in [-0.3, -0.25) is 4.90 Å². The van der Waals surface area contributed by atoms with Crippen LogP contribution in [0.15, 0.2) is 24.3 Å². The first-order valence-electron chi connectivity index (χ1n) is 8.53. The SMILES string of the molecule is CN(C)C(C)(C)c1nnnn1[C@H](/C=C\c1ccc(Cl)cc1Cl)C(C)(C)C. The summed E-state index contributed by atoms with van der Waals surface area (Å²) >= 11 is 12.3. The van der Waals surface area contributed by atoms with Crippen LogP contribution in [0.1, 0.15) is 52.0 Å². The van der Waals surface area contributed by atoms with Gasteiger partial charge in [0.25, 0.3) is 0 Å². The Morgan fingerprint density at radius 1 is 1.12 bits per heavy atom. The highest BCUT2D eigenvalue weighted by atomic mass is 35.5. The molecule has 1 heterocycles. The highest BCUT2D eigenvalue weighted by molar-refractivity contribution is 6.35. The van der Waals surface area contributed by atoms with Crippen LogP contribution >= 0.6 is 23.2 Å². The lowest BCUT2D eigenvalue weighted by Crippen LogP contribution is -2.40. The average molecular weight is 396 g/mol. The van der Waals surface area contributed by atoms with Crippen LogP contribution in [0.4, 0.5) is 0 Å². The number of rotatable bonds is 5. The van der Waals surface area contributed by atoms with Gasteiger partial charge in [0.15, 0.2) is 5.82 Å². The van der Waals surface area contributed by atoms with Crippen LogP contribution < -0.4 is 0 Å². The molecule has 7 heteroatoms. The molecule has 0 aliphatic rings. The summed E-state index contributed by atoms with van der Waals surface area (Å²) in [7, 11) is 4.04. The fourth-order valence-electron chi connectivity index (χ4n) is 2.55. The zero-order valence-electron chi connectivity index (χ0n) is 16.5. The summed E-state index contributed by atoms with van der Waals surface area (Å²) in [4.78, 5) is 2.11. The summed E-state index contributed by atoms with van der Waals surface area (Å²) in [6.45, 7) is 10.7. The Hall–Kier alpha value is -1.43. The lowest BCUT2D eigenvalue weighted by atomic mass is 9.85. The van der Waals surface area contributed by atoms with Gasteiger partial charge in [-0.25, -0.2) is 4.68 Å². The van der Waals surface area contributed by atoms with Gasteiger partial charge in [0, 0.05) is 10.0 Å². The Bertz CT molecular complexity index is 787. The molecule has 0 unspecified atom stereocenters.